The van der Waals surface area contributed by atoms with E-state index in [9.17, 15) is 4.79 Å². The van der Waals surface area contributed by atoms with E-state index >= 15 is 0 Å². The lowest BCUT2D eigenvalue weighted by Gasteiger charge is -2.17. The molecule has 0 radical (unpaired) electrons. The molecule has 98 valence electrons. The van der Waals surface area contributed by atoms with Crippen LogP contribution in [0.2, 0.25) is 0 Å². The summed E-state index contributed by atoms with van der Waals surface area (Å²) in [6.07, 6.45) is 8.23. The van der Waals surface area contributed by atoms with Gasteiger partial charge in [-0.3, -0.25) is 14.8 Å². The fraction of sp³-hybridized carbons (Fsp3) is 0.267. The summed E-state index contributed by atoms with van der Waals surface area (Å²) in [5.41, 5.74) is 2.19. The van der Waals surface area contributed by atoms with Crippen molar-refractivity contribution < 1.29 is 4.79 Å². The summed E-state index contributed by atoms with van der Waals surface area (Å²) < 4.78 is 0. The van der Waals surface area contributed by atoms with E-state index < -0.39 is 0 Å². The highest BCUT2D eigenvalue weighted by molar-refractivity contribution is 5.78. The predicted molar refractivity (Wildman–Crippen MR) is 73.5 cm³/mol. The molecule has 0 fully saturated rings. The zero-order valence-electron chi connectivity index (χ0n) is 11.0. The fourth-order valence-corrected chi connectivity index (χ4v) is 1.78. The molecule has 2 rings (SSSR count). The minimum atomic E-state index is 0.125. The van der Waals surface area contributed by atoms with Gasteiger partial charge in [0, 0.05) is 38.4 Å². The molecule has 0 N–H and O–H groups in total. The van der Waals surface area contributed by atoms with Crippen LogP contribution in [-0.2, 0) is 17.6 Å². The molecule has 2 aromatic rings. The Kier molecular flexibility index (Phi) is 4.61. The van der Waals surface area contributed by atoms with Gasteiger partial charge in [-0.25, -0.2) is 0 Å². The van der Waals surface area contributed by atoms with Crippen molar-refractivity contribution in [3.8, 4) is 0 Å². The third-order valence-corrected chi connectivity index (χ3v) is 3.02. The molecule has 0 unspecified atom stereocenters. The van der Waals surface area contributed by atoms with Crippen molar-refractivity contribution in [1.29, 1.82) is 0 Å². The van der Waals surface area contributed by atoms with E-state index in [1.165, 1.54) is 5.56 Å². The number of nitrogens with zero attached hydrogens (tertiary/aromatic N) is 3. The molecule has 1 amide bonds. The Morgan fingerprint density at radius 1 is 1.00 bits per heavy atom. The smallest absolute Gasteiger partial charge is 0.226 e. The van der Waals surface area contributed by atoms with Gasteiger partial charge in [0.1, 0.15) is 0 Å². The lowest BCUT2D eigenvalue weighted by Crippen LogP contribution is -2.30. The molecule has 0 bridgehead atoms. The Labute approximate surface area is 113 Å². The third-order valence-electron chi connectivity index (χ3n) is 3.02. The maximum absolute atomic E-state index is 12.0. The highest BCUT2D eigenvalue weighted by Gasteiger charge is 2.09. The maximum Gasteiger partial charge on any atom is 0.226 e. The SMILES string of the molecule is CN(CCc1ccncc1)C(=O)Cc1ccncc1. The minimum absolute atomic E-state index is 0.125. The summed E-state index contributed by atoms with van der Waals surface area (Å²) in [5.74, 6) is 0.125. The Morgan fingerprint density at radius 2 is 1.53 bits per heavy atom. The van der Waals surface area contributed by atoms with Crippen molar-refractivity contribution in [3.05, 3.63) is 60.2 Å². The Bertz CT molecular complexity index is 513. The second kappa shape index (κ2) is 6.64. The molecule has 2 heterocycles. The number of likely N-dealkylation sites (N-methyl/N-ethyl adjacent to an activating group) is 1. The summed E-state index contributed by atoms with van der Waals surface area (Å²) in [6, 6.07) is 7.69. The molecular formula is C15H17N3O. The van der Waals surface area contributed by atoms with Gasteiger partial charge in [0.05, 0.1) is 6.42 Å². The van der Waals surface area contributed by atoms with Gasteiger partial charge in [-0.2, -0.15) is 0 Å². The summed E-state index contributed by atoms with van der Waals surface area (Å²) in [4.78, 5) is 21.7. The standard InChI is InChI=1S/C15H17N3O/c1-18(11-6-13-2-7-16-8-3-13)15(19)12-14-4-9-17-10-5-14/h2-5,7-10H,6,11-12H2,1H3. The third kappa shape index (κ3) is 4.17. The van der Waals surface area contributed by atoms with Gasteiger partial charge >= 0.3 is 0 Å². The van der Waals surface area contributed by atoms with E-state index in [1.807, 2.05) is 31.3 Å². The van der Waals surface area contributed by atoms with Gasteiger partial charge in [-0.15, -0.1) is 0 Å². The van der Waals surface area contributed by atoms with Crippen molar-refractivity contribution in [1.82, 2.24) is 14.9 Å². The minimum Gasteiger partial charge on any atom is -0.345 e. The molecule has 0 atom stereocenters. The lowest BCUT2D eigenvalue weighted by atomic mass is 10.1. The van der Waals surface area contributed by atoms with Crippen LogP contribution in [0.5, 0.6) is 0 Å². The first-order chi connectivity index (χ1) is 9.25. The van der Waals surface area contributed by atoms with Crippen LogP contribution >= 0.6 is 0 Å². The number of hydrogen-bond acceptors (Lipinski definition) is 3. The Morgan fingerprint density at radius 3 is 2.11 bits per heavy atom. The molecular weight excluding hydrogens is 238 g/mol. The average Bonchev–Trinajstić information content (AvgIpc) is 2.47. The molecule has 0 spiro atoms. The van der Waals surface area contributed by atoms with Crippen LogP contribution in [0.25, 0.3) is 0 Å². The van der Waals surface area contributed by atoms with E-state index in [0.717, 1.165) is 12.0 Å². The number of carbonyl (C=O) groups is 1. The average molecular weight is 255 g/mol. The molecule has 0 aliphatic heterocycles. The number of rotatable bonds is 5. The van der Waals surface area contributed by atoms with E-state index in [4.69, 9.17) is 0 Å². The van der Waals surface area contributed by atoms with E-state index in [0.29, 0.717) is 13.0 Å². The van der Waals surface area contributed by atoms with Crippen LogP contribution < -0.4 is 0 Å². The maximum atomic E-state index is 12.0. The van der Waals surface area contributed by atoms with Gasteiger partial charge in [-0.1, -0.05) is 0 Å². The topological polar surface area (TPSA) is 46.1 Å². The summed E-state index contributed by atoms with van der Waals surface area (Å²) in [7, 11) is 1.84. The van der Waals surface area contributed by atoms with Crippen LogP contribution in [0.1, 0.15) is 11.1 Å². The summed E-state index contributed by atoms with van der Waals surface area (Å²) >= 11 is 0. The van der Waals surface area contributed by atoms with Crippen LogP contribution in [0.3, 0.4) is 0 Å². The largest absolute Gasteiger partial charge is 0.345 e. The van der Waals surface area contributed by atoms with Crippen LogP contribution in [0.15, 0.2) is 49.1 Å². The molecule has 0 aliphatic carbocycles. The van der Waals surface area contributed by atoms with Crippen LogP contribution in [0.4, 0.5) is 0 Å². The van der Waals surface area contributed by atoms with Crippen molar-refractivity contribution in [2.45, 2.75) is 12.8 Å². The Balaban J connectivity index is 1.83. The summed E-state index contributed by atoms with van der Waals surface area (Å²) in [5, 5.41) is 0. The van der Waals surface area contributed by atoms with Crippen LogP contribution in [0, 0.1) is 0 Å². The van der Waals surface area contributed by atoms with Gasteiger partial charge in [0.25, 0.3) is 0 Å². The van der Waals surface area contributed by atoms with E-state index in [1.54, 1.807) is 29.7 Å². The fourth-order valence-electron chi connectivity index (χ4n) is 1.78. The second-order valence-corrected chi connectivity index (χ2v) is 4.45. The van der Waals surface area contributed by atoms with E-state index in [2.05, 4.69) is 9.97 Å². The quantitative estimate of drug-likeness (QED) is 0.817. The number of hydrogen-bond donors (Lipinski definition) is 0. The van der Waals surface area contributed by atoms with Crippen molar-refractivity contribution in [3.63, 3.8) is 0 Å². The summed E-state index contributed by atoms with van der Waals surface area (Å²) in [6.45, 7) is 0.716. The number of amides is 1. The van der Waals surface area contributed by atoms with Crippen LogP contribution in [-0.4, -0.2) is 34.4 Å². The molecule has 0 saturated heterocycles. The first-order valence-electron chi connectivity index (χ1n) is 6.27. The zero-order chi connectivity index (χ0) is 13.5. The molecule has 4 nitrogen and oxygen atoms in total. The monoisotopic (exact) mass is 255 g/mol. The van der Waals surface area contributed by atoms with Gasteiger partial charge < -0.3 is 4.90 Å². The number of carbonyl (C=O) groups excluding carboxylic acids is 1. The number of aromatic nitrogens is 2. The number of pyridine rings is 2. The first kappa shape index (κ1) is 13.2. The zero-order valence-corrected chi connectivity index (χ0v) is 11.0. The Hall–Kier alpha value is -2.23. The normalized spacial score (nSPS) is 10.2. The molecule has 0 aliphatic rings. The molecule has 4 heteroatoms. The van der Waals surface area contributed by atoms with Gasteiger partial charge in [-0.05, 0) is 41.8 Å². The molecule has 2 aromatic heterocycles. The van der Waals surface area contributed by atoms with Gasteiger partial charge in [0.2, 0.25) is 5.91 Å². The molecule has 0 aromatic carbocycles. The van der Waals surface area contributed by atoms with Gasteiger partial charge in [0.15, 0.2) is 0 Å². The van der Waals surface area contributed by atoms with E-state index in [-0.39, 0.29) is 5.91 Å². The van der Waals surface area contributed by atoms with Crippen molar-refractivity contribution in [2.24, 2.45) is 0 Å². The second-order valence-electron chi connectivity index (χ2n) is 4.45. The van der Waals surface area contributed by atoms with Crippen molar-refractivity contribution >= 4 is 5.91 Å². The molecule has 19 heavy (non-hydrogen) atoms. The first-order valence-corrected chi connectivity index (χ1v) is 6.27. The highest BCUT2D eigenvalue weighted by Crippen LogP contribution is 2.03. The predicted octanol–water partition coefficient (Wildman–Crippen LogP) is 1.72. The molecule has 0 saturated carbocycles. The highest BCUT2D eigenvalue weighted by atomic mass is 16.2. The van der Waals surface area contributed by atoms with Crippen molar-refractivity contribution in [2.75, 3.05) is 13.6 Å². The lowest BCUT2D eigenvalue weighted by molar-refractivity contribution is -0.129.